The van der Waals surface area contributed by atoms with Gasteiger partial charge in [-0.3, -0.25) is 4.79 Å². The second kappa shape index (κ2) is 5.50. The van der Waals surface area contributed by atoms with Gasteiger partial charge in [-0.2, -0.15) is 0 Å². The van der Waals surface area contributed by atoms with Gasteiger partial charge in [-0.15, -0.1) is 11.3 Å². The lowest BCUT2D eigenvalue weighted by Gasteiger charge is -2.28. The Balaban J connectivity index is 1.78. The van der Waals surface area contributed by atoms with E-state index in [-0.39, 0.29) is 17.8 Å². The largest absolute Gasteiger partial charge is 0.391 e. The van der Waals surface area contributed by atoms with E-state index >= 15 is 0 Å². The normalized spacial score (nSPS) is 22.9. The summed E-state index contributed by atoms with van der Waals surface area (Å²) in [7, 11) is 0. The topological polar surface area (TPSA) is 49.3 Å². The van der Waals surface area contributed by atoms with Crippen LogP contribution in [0.15, 0.2) is 24.3 Å². The first kappa shape index (κ1) is 13.5. The molecule has 5 heteroatoms. The minimum Gasteiger partial charge on any atom is -0.391 e. The molecule has 0 unspecified atom stereocenters. The zero-order valence-electron chi connectivity index (χ0n) is 10.9. The summed E-state index contributed by atoms with van der Waals surface area (Å²) in [5.41, 5.74) is 0. The average Bonchev–Trinajstić information content (AvgIpc) is 2.84. The number of thiophene rings is 1. The molecule has 3 nitrogen and oxygen atoms in total. The molecule has 2 atom stereocenters. The van der Waals surface area contributed by atoms with Crippen LogP contribution in [0.5, 0.6) is 0 Å². The Bertz CT molecular complexity index is 640. The summed E-state index contributed by atoms with van der Waals surface area (Å²) >= 11 is 1.28. The van der Waals surface area contributed by atoms with Crippen LogP contribution in [0.1, 0.15) is 35.4 Å². The van der Waals surface area contributed by atoms with E-state index in [1.807, 2.05) is 0 Å². The summed E-state index contributed by atoms with van der Waals surface area (Å²) in [6.45, 7) is 0. The number of fused-ring (bicyclic) bond motifs is 1. The molecule has 2 aromatic rings. The van der Waals surface area contributed by atoms with Gasteiger partial charge < -0.3 is 10.4 Å². The number of aliphatic hydroxyl groups is 1. The molecule has 2 N–H and O–H groups in total. The Morgan fingerprint density at radius 3 is 2.90 bits per heavy atom. The molecule has 106 valence electrons. The van der Waals surface area contributed by atoms with E-state index in [0.29, 0.717) is 4.88 Å². The highest BCUT2D eigenvalue weighted by Crippen LogP contribution is 2.27. The monoisotopic (exact) mass is 293 g/mol. The zero-order valence-corrected chi connectivity index (χ0v) is 11.8. The van der Waals surface area contributed by atoms with Gasteiger partial charge >= 0.3 is 0 Å². The fourth-order valence-electron chi connectivity index (χ4n) is 2.64. The van der Waals surface area contributed by atoms with Gasteiger partial charge in [0.25, 0.3) is 5.91 Å². The second-order valence-corrected chi connectivity index (χ2v) is 6.31. The van der Waals surface area contributed by atoms with Crippen molar-refractivity contribution in [1.29, 1.82) is 0 Å². The first-order valence-corrected chi connectivity index (χ1v) is 7.63. The maximum absolute atomic E-state index is 13.1. The van der Waals surface area contributed by atoms with Crippen molar-refractivity contribution >= 4 is 27.3 Å². The van der Waals surface area contributed by atoms with Crippen molar-refractivity contribution in [3.8, 4) is 0 Å². The molecular weight excluding hydrogens is 277 g/mol. The fourth-order valence-corrected chi connectivity index (χ4v) is 3.63. The van der Waals surface area contributed by atoms with E-state index in [0.717, 1.165) is 35.8 Å². The van der Waals surface area contributed by atoms with Crippen LogP contribution in [0.25, 0.3) is 10.1 Å². The van der Waals surface area contributed by atoms with Crippen LogP contribution >= 0.6 is 11.3 Å². The van der Waals surface area contributed by atoms with Crippen molar-refractivity contribution in [2.75, 3.05) is 0 Å². The van der Waals surface area contributed by atoms with E-state index < -0.39 is 6.10 Å². The highest BCUT2D eigenvalue weighted by molar-refractivity contribution is 7.20. The third kappa shape index (κ3) is 2.69. The lowest BCUT2D eigenvalue weighted by molar-refractivity contribution is 0.0720. The van der Waals surface area contributed by atoms with Gasteiger partial charge in [0.05, 0.1) is 17.0 Å². The van der Waals surface area contributed by atoms with Gasteiger partial charge in [-0.25, -0.2) is 4.39 Å². The Morgan fingerprint density at radius 1 is 1.30 bits per heavy atom. The van der Waals surface area contributed by atoms with Crippen molar-refractivity contribution in [2.24, 2.45) is 0 Å². The number of halogens is 1. The molecule has 0 radical (unpaired) electrons. The predicted octanol–water partition coefficient (Wildman–Crippen LogP) is 3.07. The van der Waals surface area contributed by atoms with Gasteiger partial charge in [0, 0.05) is 4.70 Å². The zero-order chi connectivity index (χ0) is 14.1. The van der Waals surface area contributed by atoms with Crippen LogP contribution in [-0.2, 0) is 0 Å². The van der Waals surface area contributed by atoms with Gasteiger partial charge in [0.2, 0.25) is 0 Å². The quantitative estimate of drug-likeness (QED) is 0.894. The van der Waals surface area contributed by atoms with Gasteiger partial charge in [-0.05, 0) is 36.4 Å². The summed E-state index contributed by atoms with van der Waals surface area (Å²) in [4.78, 5) is 12.8. The molecular formula is C15H16FNO2S. The molecule has 0 bridgehead atoms. The Hall–Kier alpha value is -1.46. The second-order valence-electron chi connectivity index (χ2n) is 5.22. The maximum atomic E-state index is 13.1. The predicted molar refractivity (Wildman–Crippen MR) is 77.5 cm³/mol. The fraction of sp³-hybridized carbons (Fsp3) is 0.400. The standard InChI is InChI=1S/C15H16FNO2S/c16-10-6-5-9-7-14(20-13(9)8-10)15(19)17-11-3-1-2-4-12(11)18/h5-8,11-12,18H,1-4H2,(H,17,19)/t11-,12-/m1/s1. The summed E-state index contributed by atoms with van der Waals surface area (Å²) in [5.74, 6) is -0.480. The molecule has 1 aliphatic carbocycles. The van der Waals surface area contributed by atoms with E-state index in [2.05, 4.69) is 5.32 Å². The summed E-state index contributed by atoms with van der Waals surface area (Å²) in [6.07, 6.45) is 3.13. The minimum absolute atomic E-state index is 0.168. The van der Waals surface area contributed by atoms with Crippen LogP contribution in [0, 0.1) is 5.82 Å². The highest BCUT2D eigenvalue weighted by Gasteiger charge is 2.25. The SMILES string of the molecule is O=C(N[C@@H]1CCCC[C@H]1O)c1cc2ccc(F)cc2s1. The minimum atomic E-state index is -0.459. The molecule has 0 spiro atoms. The Labute approximate surface area is 120 Å². The average molecular weight is 293 g/mol. The molecule has 0 saturated heterocycles. The molecule has 3 rings (SSSR count). The number of nitrogens with one attached hydrogen (secondary N) is 1. The number of hydrogen-bond acceptors (Lipinski definition) is 3. The Morgan fingerprint density at radius 2 is 2.10 bits per heavy atom. The van der Waals surface area contributed by atoms with Crippen molar-refractivity contribution < 1.29 is 14.3 Å². The van der Waals surface area contributed by atoms with Crippen LogP contribution < -0.4 is 5.32 Å². The molecule has 1 saturated carbocycles. The molecule has 1 amide bonds. The van der Waals surface area contributed by atoms with Crippen LogP contribution in [0.3, 0.4) is 0 Å². The Kier molecular flexibility index (Phi) is 3.72. The molecule has 0 aliphatic heterocycles. The molecule has 1 aromatic carbocycles. The van der Waals surface area contributed by atoms with E-state index in [1.54, 1.807) is 12.1 Å². The van der Waals surface area contributed by atoms with Crippen molar-refractivity contribution in [3.63, 3.8) is 0 Å². The third-order valence-electron chi connectivity index (χ3n) is 3.75. The van der Waals surface area contributed by atoms with Gasteiger partial charge in [0.1, 0.15) is 5.82 Å². The van der Waals surface area contributed by atoms with Crippen LogP contribution in [-0.4, -0.2) is 23.2 Å². The summed E-state index contributed by atoms with van der Waals surface area (Å²) < 4.78 is 13.9. The van der Waals surface area contributed by atoms with E-state index in [4.69, 9.17) is 0 Å². The maximum Gasteiger partial charge on any atom is 0.261 e. The number of hydrogen-bond donors (Lipinski definition) is 2. The number of rotatable bonds is 2. The number of amides is 1. The number of carbonyl (C=O) groups is 1. The summed E-state index contributed by atoms with van der Waals surface area (Å²) in [6, 6.07) is 6.10. The number of carbonyl (C=O) groups excluding carboxylic acids is 1. The molecule has 1 fully saturated rings. The number of aliphatic hydroxyl groups excluding tert-OH is 1. The highest BCUT2D eigenvalue weighted by atomic mass is 32.1. The lowest BCUT2D eigenvalue weighted by atomic mass is 9.92. The first-order valence-electron chi connectivity index (χ1n) is 6.81. The van der Waals surface area contributed by atoms with Gasteiger partial charge in [-0.1, -0.05) is 18.9 Å². The third-order valence-corrected chi connectivity index (χ3v) is 4.85. The molecule has 1 aromatic heterocycles. The summed E-state index contributed by atoms with van der Waals surface area (Å²) in [5, 5.41) is 13.6. The smallest absolute Gasteiger partial charge is 0.261 e. The lowest BCUT2D eigenvalue weighted by Crippen LogP contribution is -2.44. The molecule has 20 heavy (non-hydrogen) atoms. The van der Waals surface area contributed by atoms with Crippen molar-refractivity contribution in [1.82, 2.24) is 5.32 Å². The molecule has 1 heterocycles. The van der Waals surface area contributed by atoms with Crippen LogP contribution in [0.4, 0.5) is 4.39 Å². The van der Waals surface area contributed by atoms with Crippen molar-refractivity contribution in [3.05, 3.63) is 35.0 Å². The molecule has 1 aliphatic rings. The van der Waals surface area contributed by atoms with Gasteiger partial charge in [0.15, 0.2) is 0 Å². The van der Waals surface area contributed by atoms with E-state index in [1.165, 1.54) is 23.5 Å². The number of benzene rings is 1. The van der Waals surface area contributed by atoms with Crippen LogP contribution in [0.2, 0.25) is 0 Å². The van der Waals surface area contributed by atoms with E-state index in [9.17, 15) is 14.3 Å². The first-order chi connectivity index (χ1) is 9.63. The van der Waals surface area contributed by atoms with Crippen molar-refractivity contribution in [2.45, 2.75) is 37.8 Å².